The quantitative estimate of drug-likeness (QED) is 0.921. The van der Waals surface area contributed by atoms with Gasteiger partial charge in [-0.2, -0.15) is 0 Å². The number of amides is 2. The Balaban J connectivity index is 1.63. The van der Waals surface area contributed by atoms with E-state index >= 15 is 0 Å². The second-order valence-corrected chi connectivity index (χ2v) is 6.18. The Morgan fingerprint density at radius 1 is 1.25 bits per heavy atom. The van der Waals surface area contributed by atoms with Gasteiger partial charge in [0.2, 0.25) is 11.8 Å². The van der Waals surface area contributed by atoms with Crippen LogP contribution >= 0.6 is 11.6 Å². The van der Waals surface area contributed by atoms with Crippen LogP contribution in [-0.4, -0.2) is 23.3 Å². The number of benzene rings is 2. The van der Waals surface area contributed by atoms with Gasteiger partial charge in [0.05, 0.1) is 16.6 Å². The smallest absolute Gasteiger partial charge is 0.229 e. The van der Waals surface area contributed by atoms with Crippen LogP contribution in [0.25, 0.3) is 0 Å². The molecule has 1 atom stereocenters. The van der Waals surface area contributed by atoms with Crippen LogP contribution in [0.4, 0.5) is 10.1 Å². The fourth-order valence-corrected chi connectivity index (χ4v) is 2.94. The summed E-state index contributed by atoms with van der Waals surface area (Å²) < 4.78 is 13.0. The van der Waals surface area contributed by atoms with Gasteiger partial charge in [0.1, 0.15) is 5.82 Å². The molecule has 4 nitrogen and oxygen atoms in total. The van der Waals surface area contributed by atoms with E-state index in [9.17, 15) is 14.0 Å². The van der Waals surface area contributed by atoms with Gasteiger partial charge in [-0.15, -0.1) is 0 Å². The van der Waals surface area contributed by atoms with Gasteiger partial charge in [0.25, 0.3) is 0 Å². The highest BCUT2D eigenvalue weighted by atomic mass is 35.5. The molecule has 0 aromatic heterocycles. The third-order valence-electron chi connectivity index (χ3n) is 3.99. The first-order valence-electron chi connectivity index (χ1n) is 7.60. The topological polar surface area (TPSA) is 49.4 Å². The molecule has 1 unspecified atom stereocenters. The summed E-state index contributed by atoms with van der Waals surface area (Å²) in [5.41, 5.74) is 1.37. The average Bonchev–Trinajstić information content (AvgIpc) is 2.92. The molecule has 2 amide bonds. The van der Waals surface area contributed by atoms with Gasteiger partial charge in [0, 0.05) is 19.5 Å². The number of carbonyl (C=O) groups is 2. The van der Waals surface area contributed by atoms with Crippen LogP contribution in [0, 0.1) is 11.7 Å². The zero-order chi connectivity index (χ0) is 17.1. The third-order valence-corrected chi connectivity index (χ3v) is 4.30. The van der Waals surface area contributed by atoms with E-state index in [1.165, 1.54) is 12.1 Å². The van der Waals surface area contributed by atoms with Gasteiger partial charge >= 0.3 is 0 Å². The molecule has 0 radical (unpaired) electrons. The van der Waals surface area contributed by atoms with Crippen molar-refractivity contribution in [3.63, 3.8) is 0 Å². The molecule has 0 aliphatic carbocycles. The summed E-state index contributed by atoms with van der Waals surface area (Å²) in [5.74, 6) is -1.25. The minimum Gasteiger partial charge on any atom is -0.338 e. The molecule has 6 heteroatoms. The molecule has 1 aliphatic rings. The molecule has 2 aromatic carbocycles. The molecule has 1 heterocycles. The molecule has 0 saturated carbocycles. The minimum atomic E-state index is -0.469. The number of hydrogen-bond donors (Lipinski definition) is 1. The van der Waals surface area contributed by atoms with Crippen molar-refractivity contribution in [2.24, 2.45) is 5.92 Å². The van der Waals surface area contributed by atoms with Gasteiger partial charge in [0.15, 0.2) is 0 Å². The molecule has 2 aromatic rings. The van der Waals surface area contributed by atoms with E-state index in [1.807, 2.05) is 30.3 Å². The van der Waals surface area contributed by atoms with Crippen LogP contribution in [0.5, 0.6) is 0 Å². The fraction of sp³-hybridized carbons (Fsp3) is 0.222. The lowest BCUT2D eigenvalue weighted by Gasteiger charge is -2.17. The summed E-state index contributed by atoms with van der Waals surface area (Å²) in [4.78, 5) is 26.2. The molecule has 1 N–H and O–H groups in total. The van der Waals surface area contributed by atoms with Gasteiger partial charge in [-0.05, 0) is 23.8 Å². The minimum absolute atomic E-state index is 0.0517. The summed E-state index contributed by atoms with van der Waals surface area (Å²) in [6.45, 7) is 0.846. The monoisotopic (exact) mass is 346 g/mol. The Morgan fingerprint density at radius 3 is 2.71 bits per heavy atom. The number of carbonyl (C=O) groups excluding carboxylic acids is 2. The van der Waals surface area contributed by atoms with Crippen molar-refractivity contribution in [1.29, 1.82) is 0 Å². The van der Waals surface area contributed by atoms with Crippen LogP contribution in [-0.2, 0) is 16.1 Å². The SMILES string of the molecule is O=C(Nc1ccc(F)cc1Cl)C1CC(=O)N(Cc2ccccc2)C1. The average molecular weight is 347 g/mol. The molecule has 1 aliphatic heterocycles. The second kappa shape index (κ2) is 7.01. The summed E-state index contributed by atoms with van der Waals surface area (Å²) >= 11 is 5.91. The number of nitrogens with one attached hydrogen (secondary N) is 1. The molecule has 124 valence electrons. The van der Waals surface area contributed by atoms with Gasteiger partial charge in [-0.3, -0.25) is 9.59 Å². The van der Waals surface area contributed by atoms with Gasteiger partial charge < -0.3 is 10.2 Å². The number of hydrogen-bond acceptors (Lipinski definition) is 2. The van der Waals surface area contributed by atoms with E-state index in [2.05, 4.69) is 5.32 Å². The van der Waals surface area contributed by atoms with Gasteiger partial charge in [-0.1, -0.05) is 41.9 Å². The molecule has 0 spiro atoms. The third kappa shape index (κ3) is 3.74. The van der Waals surface area contributed by atoms with Gasteiger partial charge in [-0.25, -0.2) is 4.39 Å². The number of anilines is 1. The van der Waals surface area contributed by atoms with E-state index in [1.54, 1.807) is 4.90 Å². The Kier molecular flexibility index (Phi) is 4.81. The maximum atomic E-state index is 13.0. The molecular weight excluding hydrogens is 331 g/mol. The first-order chi connectivity index (χ1) is 11.5. The summed E-state index contributed by atoms with van der Waals surface area (Å²) in [6.07, 6.45) is 0.164. The van der Waals surface area contributed by atoms with Crippen molar-refractivity contribution in [1.82, 2.24) is 4.90 Å². The van der Waals surface area contributed by atoms with Crippen LogP contribution in [0.2, 0.25) is 5.02 Å². The van der Waals surface area contributed by atoms with E-state index in [4.69, 9.17) is 11.6 Å². The Hall–Kier alpha value is -2.40. The molecule has 0 bridgehead atoms. The zero-order valence-electron chi connectivity index (χ0n) is 12.8. The van der Waals surface area contributed by atoms with Crippen LogP contribution in [0.3, 0.4) is 0 Å². The van der Waals surface area contributed by atoms with E-state index < -0.39 is 11.7 Å². The summed E-state index contributed by atoms with van der Waals surface area (Å²) in [7, 11) is 0. The maximum absolute atomic E-state index is 13.0. The molecule has 1 saturated heterocycles. The highest BCUT2D eigenvalue weighted by molar-refractivity contribution is 6.33. The largest absolute Gasteiger partial charge is 0.338 e. The predicted octanol–water partition coefficient (Wildman–Crippen LogP) is 3.47. The highest BCUT2D eigenvalue weighted by Crippen LogP contribution is 2.26. The molecule has 1 fully saturated rings. The first kappa shape index (κ1) is 16.5. The normalized spacial score (nSPS) is 17.2. The highest BCUT2D eigenvalue weighted by Gasteiger charge is 2.34. The Morgan fingerprint density at radius 2 is 2.00 bits per heavy atom. The Labute approximate surface area is 144 Å². The summed E-state index contributed by atoms with van der Waals surface area (Å²) in [5, 5.41) is 2.80. The van der Waals surface area contributed by atoms with Crippen molar-refractivity contribution in [3.05, 3.63) is 64.9 Å². The van der Waals surface area contributed by atoms with Crippen molar-refractivity contribution in [2.45, 2.75) is 13.0 Å². The number of likely N-dealkylation sites (tertiary alicyclic amines) is 1. The fourth-order valence-electron chi connectivity index (χ4n) is 2.73. The number of rotatable bonds is 4. The lowest BCUT2D eigenvalue weighted by atomic mass is 10.1. The van der Waals surface area contributed by atoms with E-state index in [-0.39, 0.29) is 23.3 Å². The van der Waals surface area contributed by atoms with Crippen molar-refractivity contribution < 1.29 is 14.0 Å². The first-order valence-corrected chi connectivity index (χ1v) is 7.98. The second-order valence-electron chi connectivity index (χ2n) is 5.77. The standard InChI is InChI=1S/C18H16ClFN2O2/c19-15-9-14(20)6-7-16(15)21-18(24)13-8-17(23)22(11-13)10-12-4-2-1-3-5-12/h1-7,9,13H,8,10-11H2,(H,21,24). The summed E-state index contributed by atoms with van der Waals surface area (Å²) in [6, 6.07) is 13.4. The lowest BCUT2D eigenvalue weighted by molar-refractivity contribution is -0.128. The van der Waals surface area contributed by atoms with Crippen molar-refractivity contribution in [2.75, 3.05) is 11.9 Å². The Bertz CT molecular complexity index is 767. The zero-order valence-corrected chi connectivity index (χ0v) is 13.6. The maximum Gasteiger partial charge on any atom is 0.229 e. The van der Waals surface area contributed by atoms with Crippen LogP contribution < -0.4 is 5.32 Å². The lowest BCUT2D eigenvalue weighted by Crippen LogP contribution is -2.28. The van der Waals surface area contributed by atoms with Crippen molar-refractivity contribution in [3.8, 4) is 0 Å². The van der Waals surface area contributed by atoms with E-state index in [0.717, 1.165) is 11.6 Å². The molecule has 3 rings (SSSR count). The van der Waals surface area contributed by atoms with Crippen LogP contribution in [0.15, 0.2) is 48.5 Å². The predicted molar refractivity (Wildman–Crippen MR) is 90.0 cm³/mol. The molecule has 24 heavy (non-hydrogen) atoms. The van der Waals surface area contributed by atoms with Crippen LogP contribution in [0.1, 0.15) is 12.0 Å². The molecular formula is C18H16ClFN2O2. The van der Waals surface area contributed by atoms with Crippen molar-refractivity contribution >= 4 is 29.1 Å². The van der Waals surface area contributed by atoms with E-state index in [0.29, 0.717) is 18.8 Å². The number of halogens is 2. The number of nitrogens with zero attached hydrogens (tertiary/aromatic N) is 1.